The Bertz CT molecular complexity index is 1300. The summed E-state index contributed by atoms with van der Waals surface area (Å²) < 4.78 is 26.9. The topological polar surface area (TPSA) is 102 Å². The molecule has 0 aliphatic carbocycles. The van der Waals surface area contributed by atoms with Crippen LogP contribution in [-0.2, 0) is 11.3 Å². The van der Waals surface area contributed by atoms with Crippen molar-refractivity contribution >= 4 is 16.8 Å². The van der Waals surface area contributed by atoms with E-state index in [9.17, 15) is 14.3 Å². The van der Waals surface area contributed by atoms with Gasteiger partial charge in [-0.2, -0.15) is 4.98 Å². The molecule has 0 spiro atoms. The molecule has 0 radical (unpaired) electrons. The summed E-state index contributed by atoms with van der Waals surface area (Å²) in [5.41, 5.74) is 2.65. The number of aryl methyl sites for hydroxylation is 1. The number of nitrogens with one attached hydrogen (secondary N) is 1. The van der Waals surface area contributed by atoms with Crippen molar-refractivity contribution in [3.63, 3.8) is 0 Å². The fourth-order valence-corrected chi connectivity index (χ4v) is 4.12. The highest BCUT2D eigenvalue weighted by Gasteiger charge is 2.27. The van der Waals surface area contributed by atoms with Gasteiger partial charge in [0.05, 0.1) is 29.8 Å². The average molecular weight is 450 g/mol. The maximum Gasteiger partial charge on any atom is 0.253 e. The monoisotopic (exact) mass is 450 g/mol. The van der Waals surface area contributed by atoms with Crippen LogP contribution < -0.4 is 5.32 Å². The Hall–Kier alpha value is -3.56. The van der Waals surface area contributed by atoms with Gasteiger partial charge in [0.2, 0.25) is 11.7 Å². The van der Waals surface area contributed by atoms with E-state index in [2.05, 4.69) is 15.5 Å². The molecule has 9 heteroatoms. The van der Waals surface area contributed by atoms with Gasteiger partial charge in [0.15, 0.2) is 0 Å². The first-order valence-electron chi connectivity index (χ1n) is 10.7. The fraction of sp³-hybridized carbons (Fsp3) is 0.292. The van der Waals surface area contributed by atoms with Gasteiger partial charge in [0.25, 0.3) is 5.91 Å². The second-order valence-electron chi connectivity index (χ2n) is 8.15. The lowest BCUT2D eigenvalue weighted by Gasteiger charge is -2.28. The predicted molar refractivity (Wildman–Crippen MR) is 118 cm³/mol. The van der Waals surface area contributed by atoms with Gasteiger partial charge in [-0.3, -0.25) is 4.79 Å². The molecule has 2 aromatic heterocycles. The highest BCUT2D eigenvalue weighted by Crippen LogP contribution is 2.26. The van der Waals surface area contributed by atoms with Crippen molar-refractivity contribution in [2.75, 3.05) is 13.2 Å². The summed E-state index contributed by atoms with van der Waals surface area (Å²) in [6.07, 6.45) is 1.37. The van der Waals surface area contributed by atoms with E-state index in [0.717, 1.165) is 11.1 Å². The number of carbonyl (C=O) groups excluding carboxylic acids is 1. The molecule has 1 amide bonds. The first-order chi connectivity index (χ1) is 16.0. The molecule has 4 aromatic rings. The molecule has 0 unspecified atom stereocenters. The van der Waals surface area contributed by atoms with Crippen LogP contribution in [0.1, 0.15) is 28.2 Å². The quantitative estimate of drug-likeness (QED) is 0.485. The van der Waals surface area contributed by atoms with Crippen LogP contribution >= 0.6 is 0 Å². The van der Waals surface area contributed by atoms with Crippen molar-refractivity contribution in [3.8, 4) is 11.4 Å². The number of benzene rings is 2. The Morgan fingerprint density at radius 1 is 1.27 bits per heavy atom. The van der Waals surface area contributed by atoms with Crippen molar-refractivity contribution in [2.45, 2.75) is 32.0 Å². The first-order valence-corrected chi connectivity index (χ1v) is 10.7. The summed E-state index contributed by atoms with van der Waals surface area (Å²) in [7, 11) is 0. The van der Waals surface area contributed by atoms with Crippen molar-refractivity contribution in [1.82, 2.24) is 20.0 Å². The lowest BCUT2D eigenvalue weighted by molar-refractivity contribution is -0.0260. The smallest absolute Gasteiger partial charge is 0.253 e. The maximum absolute atomic E-state index is 14.8. The Balaban J connectivity index is 1.43. The van der Waals surface area contributed by atoms with Gasteiger partial charge in [-0.1, -0.05) is 35.5 Å². The van der Waals surface area contributed by atoms with Crippen molar-refractivity contribution < 1.29 is 23.6 Å². The summed E-state index contributed by atoms with van der Waals surface area (Å²) in [6.45, 7) is 2.80. The van der Waals surface area contributed by atoms with Crippen LogP contribution in [-0.4, -0.2) is 51.1 Å². The molecule has 2 aromatic carbocycles. The van der Waals surface area contributed by atoms with Crippen molar-refractivity contribution in [2.24, 2.45) is 0 Å². The number of aliphatic hydroxyl groups is 1. The van der Waals surface area contributed by atoms with Crippen LogP contribution in [0.4, 0.5) is 4.39 Å². The van der Waals surface area contributed by atoms with Crippen LogP contribution in [0, 0.1) is 12.7 Å². The molecule has 0 saturated carbocycles. The van der Waals surface area contributed by atoms with E-state index >= 15 is 0 Å². The minimum Gasteiger partial charge on any atom is -0.389 e. The van der Waals surface area contributed by atoms with Gasteiger partial charge < -0.3 is 24.3 Å². The molecule has 0 bridgehead atoms. The molecule has 170 valence electrons. The van der Waals surface area contributed by atoms with Gasteiger partial charge >= 0.3 is 0 Å². The number of aromatic nitrogens is 3. The maximum atomic E-state index is 14.8. The van der Waals surface area contributed by atoms with Crippen LogP contribution in [0.15, 0.2) is 53.2 Å². The molecule has 1 aliphatic rings. The molecule has 33 heavy (non-hydrogen) atoms. The third kappa shape index (κ3) is 4.24. The summed E-state index contributed by atoms with van der Waals surface area (Å²) in [6, 6.07) is 12.0. The normalized spacial score (nSPS) is 18.5. The molecule has 5 rings (SSSR count). The van der Waals surface area contributed by atoms with Gasteiger partial charge in [0.1, 0.15) is 5.82 Å². The zero-order chi connectivity index (χ0) is 22.9. The van der Waals surface area contributed by atoms with Gasteiger partial charge in [0, 0.05) is 37.2 Å². The number of aliphatic hydroxyl groups excluding tert-OH is 1. The summed E-state index contributed by atoms with van der Waals surface area (Å²) >= 11 is 0. The number of carbonyl (C=O) groups is 1. The Kier molecular flexibility index (Phi) is 5.65. The summed E-state index contributed by atoms with van der Waals surface area (Å²) in [5.74, 6) is 0.125. The third-order valence-corrected chi connectivity index (χ3v) is 5.84. The van der Waals surface area contributed by atoms with Crippen LogP contribution in [0.5, 0.6) is 0 Å². The molecular weight excluding hydrogens is 427 g/mol. The van der Waals surface area contributed by atoms with Crippen LogP contribution in [0.2, 0.25) is 0 Å². The first kappa shape index (κ1) is 21.3. The Morgan fingerprint density at radius 2 is 2.09 bits per heavy atom. The molecule has 2 N–H and O–H groups in total. The average Bonchev–Trinajstić information content (AvgIpc) is 3.41. The molecule has 8 nitrogen and oxygen atoms in total. The standard InChI is InChI=1S/C24H23FN4O4/c1-14-26-23(28-33-14)16-7-5-15(6-8-16)11-29-12-17(22-18(25)3-2-4-20(22)29)24(31)27-19-9-10-32-13-21(19)30/h2-8,12,19,21,30H,9-11,13H2,1H3,(H,27,31)/t19-,21-/m0/s1. The second kappa shape index (κ2) is 8.76. The molecular formula is C24H23FN4O4. The number of rotatable bonds is 5. The number of ether oxygens (including phenoxy) is 1. The van der Waals surface area contributed by atoms with E-state index < -0.39 is 23.9 Å². The van der Waals surface area contributed by atoms with Crippen LogP contribution in [0.25, 0.3) is 22.3 Å². The Labute approximate surface area is 189 Å². The number of amides is 1. The van der Waals surface area contributed by atoms with Gasteiger partial charge in [-0.25, -0.2) is 4.39 Å². The fourth-order valence-electron chi connectivity index (χ4n) is 4.12. The van der Waals surface area contributed by atoms with E-state index in [4.69, 9.17) is 9.26 Å². The summed E-state index contributed by atoms with van der Waals surface area (Å²) in [4.78, 5) is 17.3. The number of fused-ring (bicyclic) bond motifs is 1. The highest BCUT2D eigenvalue weighted by molar-refractivity contribution is 6.07. The number of halogens is 1. The predicted octanol–water partition coefficient (Wildman–Crippen LogP) is 3.07. The van der Waals surface area contributed by atoms with E-state index in [0.29, 0.717) is 36.8 Å². The minimum atomic E-state index is -0.789. The molecule has 1 fully saturated rings. The lowest BCUT2D eigenvalue weighted by Crippen LogP contribution is -2.48. The molecule has 1 saturated heterocycles. The number of nitrogens with zero attached hydrogens (tertiary/aromatic N) is 3. The highest BCUT2D eigenvalue weighted by atomic mass is 19.1. The Morgan fingerprint density at radius 3 is 2.82 bits per heavy atom. The van der Waals surface area contributed by atoms with E-state index in [1.165, 1.54) is 6.07 Å². The summed E-state index contributed by atoms with van der Waals surface area (Å²) in [5, 5.41) is 17.1. The minimum absolute atomic E-state index is 0.167. The molecule has 1 aliphatic heterocycles. The van der Waals surface area contributed by atoms with E-state index in [1.807, 2.05) is 28.8 Å². The number of hydrogen-bond donors (Lipinski definition) is 2. The SMILES string of the molecule is Cc1nc(-c2ccc(Cn3cc(C(=O)N[C@H]4CCOC[C@@H]4O)c4c(F)cccc43)cc2)no1. The van der Waals surface area contributed by atoms with Crippen molar-refractivity contribution in [3.05, 3.63) is 71.5 Å². The zero-order valence-corrected chi connectivity index (χ0v) is 18.0. The van der Waals surface area contributed by atoms with Gasteiger partial charge in [-0.15, -0.1) is 0 Å². The van der Waals surface area contributed by atoms with E-state index in [1.54, 1.807) is 25.3 Å². The zero-order valence-electron chi connectivity index (χ0n) is 18.0. The van der Waals surface area contributed by atoms with Crippen LogP contribution in [0.3, 0.4) is 0 Å². The second-order valence-corrected chi connectivity index (χ2v) is 8.15. The third-order valence-electron chi connectivity index (χ3n) is 5.84. The van der Waals surface area contributed by atoms with Gasteiger partial charge in [-0.05, 0) is 24.1 Å². The molecule has 2 atom stereocenters. The number of hydrogen-bond acceptors (Lipinski definition) is 6. The lowest BCUT2D eigenvalue weighted by atomic mass is 10.1. The molecule has 3 heterocycles. The largest absolute Gasteiger partial charge is 0.389 e. The van der Waals surface area contributed by atoms with Crippen molar-refractivity contribution in [1.29, 1.82) is 0 Å². The van der Waals surface area contributed by atoms with E-state index in [-0.39, 0.29) is 17.6 Å².